The van der Waals surface area contributed by atoms with E-state index in [1.54, 1.807) is 10.6 Å². The number of nitrogens with zero attached hydrogens (tertiary/aromatic N) is 2. The molecule has 0 saturated carbocycles. The normalized spacial score (nSPS) is 27.5. The molecule has 2 saturated heterocycles. The predicted molar refractivity (Wildman–Crippen MR) is 109 cm³/mol. The largest absolute Gasteiger partial charge is 0.330 e. The molecule has 0 spiro atoms. The van der Waals surface area contributed by atoms with Gasteiger partial charge >= 0.3 is 0 Å². The van der Waals surface area contributed by atoms with Gasteiger partial charge in [-0.05, 0) is 41.5 Å². The Labute approximate surface area is 165 Å². The molecule has 2 aliphatic rings. The lowest BCUT2D eigenvalue weighted by Crippen LogP contribution is -2.46. The Hall–Kier alpha value is -2.06. The fraction of sp³-hybridized carbons (Fsp3) is 0.524. The van der Waals surface area contributed by atoms with Gasteiger partial charge in [0, 0.05) is 49.8 Å². The minimum Gasteiger partial charge on any atom is -0.330 e. The van der Waals surface area contributed by atoms with Gasteiger partial charge in [-0.2, -0.15) is 0 Å². The third-order valence-corrected chi connectivity index (χ3v) is 6.06. The van der Waals surface area contributed by atoms with Crippen molar-refractivity contribution in [2.45, 2.75) is 44.9 Å². The number of rotatable bonds is 5. The number of piperidine rings is 1. The topological polar surface area (TPSA) is 97.0 Å². The fourth-order valence-corrected chi connectivity index (χ4v) is 4.32. The average molecular weight is 383 g/mol. The van der Waals surface area contributed by atoms with E-state index in [4.69, 9.17) is 5.73 Å². The van der Waals surface area contributed by atoms with Crippen molar-refractivity contribution in [1.29, 1.82) is 0 Å². The molecule has 2 aromatic rings. The summed E-state index contributed by atoms with van der Waals surface area (Å²) in [6.45, 7) is 6.22. The maximum atomic E-state index is 12.4. The minimum atomic E-state index is -0.119. The highest BCUT2D eigenvalue weighted by atomic mass is 16.1. The van der Waals surface area contributed by atoms with Crippen LogP contribution in [-0.2, 0) is 6.54 Å². The fourth-order valence-electron chi connectivity index (χ4n) is 4.32. The average Bonchev–Trinajstić information content (AvgIpc) is 3.13. The molecule has 0 aromatic carbocycles. The standard InChI is InChI=1S/C21H30N6O/c1-21(2,12-22)13-27-11-15(5-6-19(27)28)20-16-8-17(14-4-3-7-23-9-14)24-10-18(16)25-26-20/h3-7,9,11,16-18,20,24-26H,8,10,12-13,22H2,1-2H3. The lowest BCUT2D eigenvalue weighted by molar-refractivity contribution is 0.265. The Morgan fingerprint density at radius 1 is 1.25 bits per heavy atom. The number of hydrogen-bond acceptors (Lipinski definition) is 6. The molecule has 0 radical (unpaired) electrons. The van der Waals surface area contributed by atoms with E-state index in [0.717, 1.165) is 18.5 Å². The molecule has 0 amide bonds. The number of nitrogens with two attached hydrogens (primary N) is 1. The van der Waals surface area contributed by atoms with Gasteiger partial charge in [-0.1, -0.05) is 26.0 Å². The third-order valence-electron chi connectivity index (χ3n) is 6.06. The number of hydrogen-bond donors (Lipinski definition) is 4. The molecule has 7 heteroatoms. The number of nitrogens with one attached hydrogen (secondary N) is 3. The molecule has 0 bridgehead atoms. The second-order valence-corrected chi connectivity index (χ2v) is 8.82. The SMILES string of the molecule is CC(C)(CN)Cn1cc(C2NNC3CNC(c4cccnc4)CC32)ccc1=O. The lowest BCUT2D eigenvalue weighted by Gasteiger charge is -2.34. The second kappa shape index (κ2) is 7.75. The van der Waals surface area contributed by atoms with Crippen LogP contribution in [0.1, 0.15) is 43.5 Å². The van der Waals surface area contributed by atoms with E-state index in [1.165, 1.54) is 5.56 Å². The summed E-state index contributed by atoms with van der Waals surface area (Å²) < 4.78 is 1.80. The summed E-state index contributed by atoms with van der Waals surface area (Å²) >= 11 is 0. The molecule has 2 fully saturated rings. The van der Waals surface area contributed by atoms with E-state index < -0.39 is 0 Å². The van der Waals surface area contributed by atoms with Crippen LogP contribution in [0.25, 0.3) is 0 Å². The molecule has 2 aromatic heterocycles. The van der Waals surface area contributed by atoms with Crippen LogP contribution in [0.5, 0.6) is 0 Å². The molecule has 150 valence electrons. The van der Waals surface area contributed by atoms with Gasteiger partial charge in [-0.15, -0.1) is 0 Å². The first-order valence-electron chi connectivity index (χ1n) is 10.0. The van der Waals surface area contributed by atoms with Gasteiger partial charge in [-0.3, -0.25) is 15.2 Å². The molecule has 4 unspecified atom stereocenters. The maximum absolute atomic E-state index is 12.4. The monoisotopic (exact) mass is 382 g/mol. The van der Waals surface area contributed by atoms with Crippen molar-refractivity contribution in [3.05, 3.63) is 64.3 Å². The summed E-state index contributed by atoms with van der Waals surface area (Å²) in [6, 6.07) is 8.57. The van der Waals surface area contributed by atoms with Crippen molar-refractivity contribution in [2.75, 3.05) is 13.1 Å². The van der Waals surface area contributed by atoms with Crippen LogP contribution in [-0.4, -0.2) is 28.7 Å². The summed E-state index contributed by atoms with van der Waals surface area (Å²) in [5, 5.41) is 3.63. The van der Waals surface area contributed by atoms with Gasteiger partial charge in [0.15, 0.2) is 0 Å². The summed E-state index contributed by atoms with van der Waals surface area (Å²) in [6.07, 6.45) is 6.76. The summed E-state index contributed by atoms with van der Waals surface area (Å²) in [5.41, 5.74) is 15.0. The Bertz CT molecular complexity index is 865. The van der Waals surface area contributed by atoms with Gasteiger partial charge in [0.1, 0.15) is 0 Å². The van der Waals surface area contributed by atoms with E-state index in [1.807, 2.05) is 30.7 Å². The van der Waals surface area contributed by atoms with Crippen molar-refractivity contribution >= 4 is 0 Å². The van der Waals surface area contributed by atoms with E-state index in [9.17, 15) is 4.79 Å². The first kappa shape index (κ1) is 19.3. The first-order valence-corrected chi connectivity index (χ1v) is 10.0. The Morgan fingerprint density at radius 2 is 2.11 bits per heavy atom. The number of pyridine rings is 2. The van der Waals surface area contributed by atoms with Crippen LogP contribution >= 0.6 is 0 Å². The van der Waals surface area contributed by atoms with Crippen LogP contribution < -0.4 is 27.5 Å². The number of aromatic nitrogens is 2. The van der Waals surface area contributed by atoms with Crippen molar-refractivity contribution in [3.63, 3.8) is 0 Å². The molecule has 4 atom stereocenters. The number of fused-ring (bicyclic) bond motifs is 1. The Morgan fingerprint density at radius 3 is 2.86 bits per heavy atom. The predicted octanol–water partition coefficient (Wildman–Crippen LogP) is 1.10. The molecular weight excluding hydrogens is 352 g/mol. The van der Waals surface area contributed by atoms with E-state index in [-0.39, 0.29) is 17.0 Å². The van der Waals surface area contributed by atoms with Crippen LogP contribution in [0.15, 0.2) is 47.7 Å². The maximum Gasteiger partial charge on any atom is 0.250 e. The quantitative estimate of drug-likeness (QED) is 0.618. The summed E-state index contributed by atoms with van der Waals surface area (Å²) in [5.74, 6) is 0.430. The molecular formula is C21H30N6O. The van der Waals surface area contributed by atoms with Crippen LogP contribution in [0.4, 0.5) is 0 Å². The van der Waals surface area contributed by atoms with Crippen molar-refractivity contribution in [3.8, 4) is 0 Å². The number of hydrazine groups is 1. The zero-order chi connectivity index (χ0) is 19.7. The zero-order valence-corrected chi connectivity index (χ0v) is 16.6. The van der Waals surface area contributed by atoms with Crippen LogP contribution in [0.3, 0.4) is 0 Å². The van der Waals surface area contributed by atoms with Crippen molar-refractivity contribution < 1.29 is 0 Å². The highest BCUT2D eigenvalue weighted by molar-refractivity contribution is 5.22. The minimum absolute atomic E-state index is 0.0197. The van der Waals surface area contributed by atoms with E-state index in [2.05, 4.69) is 41.1 Å². The molecule has 4 rings (SSSR count). The molecule has 28 heavy (non-hydrogen) atoms. The summed E-state index contributed by atoms with van der Waals surface area (Å²) in [4.78, 5) is 16.6. The molecule has 2 aliphatic heterocycles. The second-order valence-electron chi connectivity index (χ2n) is 8.82. The van der Waals surface area contributed by atoms with Crippen LogP contribution in [0, 0.1) is 11.3 Å². The molecule has 4 heterocycles. The van der Waals surface area contributed by atoms with Crippen LogP contribution in [0.2, 0.25) is 0 Å². The van der Waals surface area contributed by atoms with Gasteiger partial charge in [-0.25, -0.2) is 5.43 Å². The zero-order valence-electron chi connectivity index (χ0n) is 16.6. The first-order chi connectivity index (χ1) is 13.5. The molecule has 7 nitrogen and oxygen atoms in total. The third kappa shape index (κ3) is 3.89. The Kier molecular flexibility index (Phi) is 5.33. The van der Waals surface area contributed by atoms with Crippen molar-refractivity contribution in [1.82, 2.24) is 25.7 Å². The molecule has 0 aliphatic carbocycles. The van der Waals surface area contributed by atoms with Crippen molar-refractivity contribution in [2.24, 2.45) is 17.1 Å². The molecule has 5 N–H and O–H groups in total. The van der Waals surface area contributed by atoms with Gasteiger partial charge < -0.3 is 15.6 Å². The highest BCUT2D eigenvalue weighted by Gasteiger charge is 2.41. The lowest BCUT2D eigenvalue weighted by atomic mass is 9.80. The summed E-state index contributed by atoms with van der Waals surface area (Å²) in [7, 11) is 0. The van der Waals surface area contributed by atoms with E-state index in [0.29, 0.717) is 31.1 Å². The highest BCUT2D eigenvalue weighted by Crippen LogP contribution is 2.38. The smallest absolute Gasteiger partial charge is 0.250 e. The van der Waals surface area contributed by atoms with E-state index >= 15 is 0 Å². The van der Waals surface area contributed by atoms with Gasteiger partial charge in [0.2, 0.25) is 0 Å². The van der Waals surface area contributed by atoms with Gasteiger partial charge in [0.05, 0.1) is 6.04 Å². The van der Waals surface area contributed by atoms with Gasteiger partial charge in [0.25, 0.3) is 5.56 Å². The Balaban J connectivity index is 1.57.